The van der Waals surface area contributed by atoms with E-state index in [0.717, 1.165) is 12.8 Å². The second-order valence-corrected chi connectivity index (χ2v) is 2.95. The Morgan fingerprint density at radius 1 is 1.60 bits per heavy atom. The quantitative estimate of drug-likeness (QED) is 0.583. The predicted molar refractivity (Wildman–Crippen MR) is 37.9 cm³/mol. The van der Waals surface area contributed by atoms with E-state index in [0.29, 0.717) is 6.04 Å². The summed E-state index contributed by atoms with van der Waals surface area (Å²) in [4.78, 5) is 12.4. The molecular formula is C7H13NO2. The number of rotatable bonds is 1. The van der Waals surface area contributed by atoms with Crippen LogP contribution in [-0.2, 0) is 4.79 Å². The number of likely N-dealkylation sites (tertiary alicyclic amines) is 1. The molecule has 58 valence electrons. The fourth-order valence-electron chi connectivity index (χ4n) is 1.41. The predicted octanol–water partition coefficient (Wildman–Crippen LogP) is 0.554. The van der Waals surface area contributed by atoms with Crippen molar-refractivity contribution in [2.75, 3.05) is 7.05 Å². The summed E-state index contributed by atoms with van der Waals surface area (Å²) in [6, 6.07) is 0.191. The van der Waals surface area contributed by atoms with Gasteiger partial charge in [0.15, 0.2) is 0 Å². The molecule has 0 aromatic heterocycles. The van der Waals surface area contributed by atoms with E-state index in [1.165, 1.54) is 0 Å². The highest BCUT2D eigenvalue weighted by Crippen LogP contribution is 2.21. The Bertz CT molecular complexity index is 147. The second kappa shape index (κ2) is 2.58. The summed E-state index contributed by atoms with van der Waals surface area (Å²) in [6.45, 7) is 2.06. The van der Waals surface area contributed by atoms with Crippen LogP contribution >= 0.6 is 0 Å². The lowest BCUT2D eigenvalue weighted by molar-refractivity contribution is -0.142. The molecule has 10 heavy (non-hydrogen) atoms. The monoisotopic (exact) mass is 143 g/mol. The van der Waals surface area contributed by atoms with E-state index in [2.05, 4.69) is 6.92 Å². The van der Waals surface area contributed by atoms with Crippen LogP contribution in [0.2, 0.25) is 0 Å². The molecule has 0 unspecified atom stereocenters. The molecule has 1 N–H and O–H groups in total. The molecule has 3 heteroatoms. The van der Waals surface area contributed by atoms with E-state index in [1.807, 2.05) is 11.9 Å². The average molecular weight is 143 g/mol. The molecule has 0 radical (unpaired) electrons. The normalized spacial score (nSPS) is 34.6. The van der Waals surface area contributed by atoms with Gasteiger partial charge < -0.3 is 5.11 Å². The fraction of sp³-hybridized carbons (Fsp3) is 0.857. The minimum Gasteiger partial charge on any atom is -0.480 e. The zero-order valence-corrected chi connectivity index (χ0v) is 6.37. The van der Waals surface area contributed by atoms with Crippen molar-refractivity contribution in [2.24, 2.45) is 0 Å². The van der Waals surface area contributed by atoms with Gasteiger partial charge in [-0.15, -0.1) is 0 Å². The topological polar surface area (TPSA) is 40.5 Å². The Morgan fingerprint density at radius 2 is 2.20 bits per heavy atom. The van der Waals surface area contributed by atoms with E-state index in [-0.39, 0.29) is 6.04 Å². The first-order chi connectivity index (χ1) is 4.63. The zero-order chi connectivity index (χ0) is 7.72. The summed E-state index contributed by atoms with van der Waals surface area (Å²) >= 11 is 0. The third kappa shape index (κ3) is 1.14. The van der Waals surface area contributed by atoms with Gasteiger partial charge in [0.05, 0.1) is 0 Å². The number of carboxylic acids is 1. The molecule has 0 aromatic rings. The number of hydrogen-bond acceptors (Lipinski definition) is 2. The Hall–Kier alpha value is -0.570. The van der Waals surface area contributed by atoms with Gasteiger partial charge in [0.2, 0.25) is 0 Å². The molecule has 0 spiro atoms. The lowest BCUT2D eigenvalue weighted by atomic mass is 10.2. The molecule has 1 fully saturated rings. The first kappa shape index (κ1) is 7.54. The van der Waals surface area contributed by atoms with Gasteiger partial charge in [-0.3, -0.25) is 9.69 Å². The van der Waals surface area contributed by atoms with Crippen LogP contribution in [-0.4, -0.2) is 35.1 Å². The molecule has 0 aromatic carbocycles. The maximum Gasteiger partial charge on any atom is 0.320 e. The number of nitrogens with zero attached hydrogens (tertiary/aromatic N) is 1. The summed E-state index contributed by atoms with van der Waals surface area (Å²) in [5.74, 6) is -0.688. The van der Waals surface area contributed by atoms with Crippen molar-refractivity contribution in [3.05, 3.63) is 0 Å². The van der Waals surface area contributed by atoms with Gasteiger partial charge in [-0.1, -0.05) is 0 Å². The smallest absolute Gasteiger partial charge is 0.320 e. The number of hydrogen-bond donors (Lipinski definition) is 1. The first-order valence-corrected chi connectivity index (χ1v) is 3.57. The van der Waals surface area contributed by atoms with Gasteiger partial charge in [0, 0.05) is 6.04 Å². The average Bonchev–Trinajstić information content (AvgIpc) is 2.14. The number of likely N-dealkylation sites (N-methyl/N-ethyl adjacent to an activating group) is 1. The molecule has 2 atom stereocenters. The minimum absolute atomic E-state index is 0.241. The molecule has 0 amide bonds. The van der Waals surface area contributed by atoms with E-state index in [1.54, 1.807) is 0 Å². The van der Waals surface area contributed by atoms with Crippen LogP contribution in [0, 0.1) is 0 Å². The molecule has 3 nitrogen and oxygen atoms in total. The summed E-state index contributed by atoms with van der Waals surface area (Å²) in [5, 5.41) is 8.66. The Morgan fingerprint density at radius 3 is 2.40 bits per heavy atom. The highest BCUT2D eigenvalue weighted by molar-refractivity contribution is 5.73. The number of carbonyl (C=O) groups is 1. The van der Waals surface area contributed by atoms with Gasteiger partial charge in [0.25, 0.3) is 0 Å². The van der Waals surface area contributed by atoms with Crippen LogP contribution in [0.1, 0.15) is 19.8 Å². The molecule has 1 rings (SSSR count). The lowest BCUT2D eigenvalue weighted by Crippen LogP contribution is -2.36. The second-order valence-electron chi connectivity index (χ2n) is 2.95. The van der Waals surface area contributed by atoms with Crippen LogP contribution in [0.25, 0.3) is 0 Å². The van der Waals surface area contributed by atoms with Crippen molar-refractivity contribution >= 4 is 5.97 Å². The summed E-state index contributed by atoms with van der Waals surface area (Å²) in [7, 11) is 1.87. The SMILES string of the molecule is C[C@@H]1CC[C@@H](C(=O)O)N1C. The van der Waals surface area contributed by atoms with Crippen LogP contribution in [0.15, 0.2) is 0 Å². The largest absolute Gasteiger partial charge is 0.480 e. The summed E-state index contributed by atoms with van der Waals surface area (Å²) in [6.07, 6.45) is 1.81. The number of carboxylic acid groups (broad SMARTS) is 1. The molecule has 1 aliphatic heterocycles. The Labute approximate surface area is 60.6 Å². The van der Waals surface area contributed by atoms with Crippen molar-refractivity contribution in [3.8, 4) is 0 Å². The first-order valence-electron chi connectivity index (χ1n) is 3.57. The molecule has 0 bridgehead atoms. The van der Waals surface area contributed by atoms with Crippen molar-refractivity contribution < 1.29 is 9.90 Å². The van der Waals surface area contributed by atoms with Crippen molar-refractivity contribution in [1.29, 1.82) is 0 Å². The Kier molecular flexibility index (Phi) is 1.94. The minimum atomic E-state index is -0.688. The standard InChI is InChI=1S/C7H13NO2/c1-5-3-4-6(7(9)10)8(5)2/h5-6H,3-4H2,1-2H3,(H,9,10)/t5-,6+/m1/s1. The van der Waals surface area contributed by atoms with Crippen molar-refractivity contribution in [3.63, 3.8) is 0 Å². The molecule has 1 saturated heterocycles. The van der Waals surface area contributed by atoms with Crippen molar-refractivity contribution in [1.82, 2.24) is 4.90 Å². The highest BCUT2D eigenvalue weighted by Gasteiger charge is 2.32. The van der Waals surface area contributed by atoms with Crippen LogP contribution in [0.5, 0.6) is 0 Å². The molecular weight excluding hydrogens is 130 g/mol. The highest BCUT2D eigenvalue weighted by atomic mass is 16.4. The molecule has 0 aliphatic carbocycles. The van der Waals surface area contributed by atoms with Crippen LogP contribution in [0.3, 0.4) is 0 Å². The third-order valence-electron chi connectivity index (χ3n) is 2.33. The van der Waals surface area contributed by atoms with E-state index < -0.39 is 5.97 Å². The van der Waals surface area contributed by atoms with Gasteiger partial charge >= 0.3 is 5.97 Å². The van der Waals surface area contributed by atoms with Crippen LogP contribution < -0.4 is 0 Å². The Balaban J connectivity index is 2.57. The fourth-order valence-corrected chi connectivity index (χ4v) is 1.41. The van der Waals surface area contributed by atoms with Gasteiger partial charge in [-0.2, -0.15) is 0 Å². The maximum absolute atomic E-state index is 10.5. The number of aliphatic carboxylic acids is 1. The van der Waals surface area contributed by atoms with Gasteiger partial charge in [-0.05, 0) is 26.8 Å². The van der Waals surface area contributed by atoms with E-state index in [4.69, 9.17) is 5.11 Å². The third-order valence-corrected chi connectivity index (χ3v) is 2.33. The maximum atomic E-state index is 10.5. The summed E-state index contributed by atoms with van der Waals surface area (Å²) in [5.41, 5.74) is 0. The van der Waals surface area contributed by atoms with E-state index >= 15 is 0 Å². The lowest BCUT2D eigenvalue weighted by Gasteiger charge is -2.19. The zero-order valence-electron chi connectivity index (χ0n) is 6.37. The van der Waals surface area contributed by atoms with Crippen molar-refractivity contribution in [2.45, 2.75) is 31.8 Å². The van der Waals surface area contributed by atoms with Crippen LogP contribution in [0.4, 0.5) is 0 Å². The molecule has 0 saturated carbocycles. The van der Waals surface area contributed by atoms with Gasteiger partial charge in [-0.25, -0.2) is 0 Å². The molecule has 1 aliphatic rings. The van der Waals surface area contributed by atoms with E-state index in [9.17, 15) is 4.79 Å². The molecule has 1 heterocycles. The van der Waals surface area contributed by atoms with Gasteiger partial charge in [0.1, 0.15) is 6.04 Å². The summed E-state index contributed by atoms with van der Waals surface area (Å²) < 4.78 is 0.